The van der Waals surface area contributed by atoms with Crippen LogP contribution in [-0.2, 0) is 6.54 Å². The Bertz CT molecular complexity index is 839. The lowest BCUT2D eigenvalue weighted by Gasteiger charge is -2.07. The first-order valence-corrected chi connectivity index (χ1v) is 7.79. The number of carbonyl (C=O) groups is 1. The van der Waals surface area contributed by atoms with Crippen molar-refractivity contribution in [2.24, 2.45) is 0 Å². The number of nitrogens with zero attached hydrogens (tertiary/aromatic N) is 3. The second-order valence-corrected chi connectivity index (χ2v) is 6.05. The Hall–Kier alpha value is -2.40. The third-order valence-electron chi connectivity index (χ3n) is 3.62. The van der Waals surface area contributed by atoms with Crippen molar-refractivity contribution in [2.45, 2.75) is 26.3 Å². The van der Waals surface area contributed by atoms with Crippen LogP contribution in [0.1, 0.15) is 41.4 Å². The van der Waals surface area contributed by atoms with Gasteiger partial charge in [-0.1, -0.05) is 49.7 Å². The number of aromatic nitrogens is 3. The van der Waals surface area contributed by atoms with Crippen LogP contribution in [0.4, 0.5) is 0 Å². The minimum Gasteiger partial charge on any atom is -0.347 e. The van der Waals surface area contributed by atoms with Crippen LogP contribution in [0, 0.1) is 0 Å². The van der Waals surface area contributed by atoms with Gasteiger partial charge in [0.25, 0.3) is 5.91 Å². The summed E-state index contributed by atoms with van der Waals surface area (Å²) in [5.41, 5.74) is 3.23. The molecule has 6 heteroatoms. The summed E-state index contributed by atoms with van der Waals surface area (Å²) in [6.07, 6.45) is 1.57. The molecule has 0 atom stereocenters. The third-order valence-corrected chi connectivity index (χ3v) is 3.82. The Morgan fingerprint density at radius 2 is 1.96 bits per heavy atom. The van der Waals surface area contributed by atoms with Gasteiger partial charge in [-0.15, -0.1) is 0 Å². The largest absolute Gasteiger partial charge is 0.347 e. The zero-order chi connectivity index (χ0) is 16.4. The van der Waals surface area contributed by atoms with Crippen LogP contribution in [0.15, 0.2) is 42.6 Å². The lowest BCUT2D eigenvalue weighted by atomic mass is 10.0. The molecule has 0 spiro atoms. The summed E-state index contributed by atoms with van der Waals surface area (Å²) in [6, 6.07) is 11.6. The van der Waals surface area contributed by atoms with Crippen LogP contribution in [-0.4, -0.2) is 20.5 Å². The van der Waals surface area contributed by atoms with E-state index >= 15 is 0 Å². The van der Waals surface area contributed by atoms with Crippen molar-refractivity contribution < 1.29 is 4.79 Å². The van der Waals surface area contributed by atoms with E-state index in [0.717, 1.165) is 5.56 Å². The number of fused-ring (bicyclic) bond motifs is 1. The molecule has 0 saturated heterocycles. The molecular formula is C17H17ClN4O. The predicted octanol–water partition coefficient (Wildman–Crippen LogP) is 3.44. The highest BCUT2D eigenvalue weighted by atomic mass is 35.5. The minimum atomic E-state index is -0.237. The van der Waals surface area contributed by atoms with Gasteiger partial charge in [0.05, 0.1) is 6.20 Å². The number of hydrogen-bond donors (Lipinski definition) is 1. The summed E-state index contributed by atoms with van der Waals surface area (Å²) in [7, 11) is 0. The van der Waals surface area contributed by atoms with Crippen LogP contribution >= 0.6 is 11.6 Å². The van der Waals surface area contributed by atoms with Crippen LogP contribution in [0.25, 0.3) is 5.65 Å². The quantitative estimate of drug-likeness (QED) is 0.798. The topological polar surface area (TPSA) is 59.3 Å². The highest BCUT2D eigenvalue weighted by Gasteiger charge is 2.11. The molecule has 1 amide bonds. The first kappa shape index (κ1) is 15.5. The maximum Gasteiger partial charge on any atom is 0.271 e. The van der Waals surface area contributed by atoms with Gasteiger partial charge in [0.2, 0.25) is 0 Å². The first-order chi connectivity index (χ1) is 11.0. The fraction of sp³-hybridized carbons (Fsp3) is 0.235. The monoisotopic (exact) mass is 328 g/mol. The number of benzene rings is 1. The van der Waals surface area contributed by atoms with Gasteiger partial charge in [-0.2, -0.15) is 5.10 Å². The van der Waals surface area contributed by atoms with Gasteiger partial charge >= 0.3 is 0 Å². The van der Waals surface area contributed by atoms with E-state index in [0.29, 0.717) is 29.0 Å². The molecule has 0 fully saturated rings. The van der Waals surface area contributed by atoms with E-state index < -0.39 is 0 Å². The Morgan fingerprint density at radius 3 is 2.65 bits per heavy atom. The van der Waals surface area contributed by atoms with Gasteiger partial charge in [0.1, 0.15) is 10.8 Å². The van der Waals surface area contributed by atoms with Gasteiger partial charge < -0.3 is 5.32 Å². The normalized spacial score (nSPS) is 11.1. The highest BCUT2D eigenvalue weighted by molar-refractivity contribution is 6.29. The van der Waals surface area contributed by atoms with Crippen LogP contribution in [0.5, 0.6) is 0 Å². The van der Waals surface area contributed by atoms with E-state index in [-0.39, 0.29) is 5.91 Å². The van der Waals surface area contributed by atoms with Crippen molar-refractivity contribution in [3.05, 3.63) is 64.6 Å². The van der Waals surface area contributed by atoms with Crippen molar-refractivity contribution in [1.82, 2.24) is 19.9 Å². The van der Waals surface area contributed by atoms with E-state index in [1.54, 1.807) is 18.3 Å². The minimum absolute atomic E-state index is 0.237. The zero-order valence-electron chi connectivity index (χ0n) is 13.0. The predicted molar refractivity (Wildman–Crippen MR) is 89.7 cm³/mol. The highest BCUT2D eigenvalue weighted by Crippen LogP contribution is 2.14. The van der Waals surface area contributed by atoms with E-state index in [4.69, 9.17) is 11.6 Å². The summed E-state index contributed by atoms with van der Waals surface area (Å²) < 4.78 is 1.49. The Kier molecular flexibility index (Phi) is 4.30. The number of nitrogens with one attached hydrogen (secondary N) is 1. The van der Waals surface area contributed by atoms with Crippen LogP contribution < -0.4 is 5.32 Å². The van der Waals surface area contributed by atoms with Crippen LogP contribution in [0.2, 0.25) is 5.15 Å². The van der Waals surface area contributed by atoms with Crippen molar-refractivity contribution in [2.75, 3.05) is 0 Å². The van der Waals surface area contributed by atoms with Gasteiger partial charge in [-0.05, 0) is 29.2 Å². The smallest absolute Gasteiger partial charge is 0.271 e. The van der Waals surface area contributed by atoms with Gasteiger partial charge in [0, 0.05) is 6.54 Å². The van der Waals surface area contributed by atoms with Crippen molar-refractivity contribution in [3.63, 3.8) is 0 Å². The average Bonchev–Trinajstić information content (AvgIpc) is 2.96. The number of halogens is 1. The summed E-state index contributed by atoms with van der Waals surface area (Å²) in [6.45, 7) is 4.76. The van der Waals surface area contributed by atoms with E-state index in [1.165, 1.54) is 10.1 Å². The summed E-state index contributed by atoms with van der Waals surface area (Å²) in [5, 5.41) is 7.28. The molecule has 2 heterocycles. The van der Waals surface area contributed by atoms with Crippen LogP contribution in [0.3, 0.4) is 0 Å². The molecule has 0 bridgehead atoms. The average molecular weight is 329 g/mol. The first-order valence-electron chi connectivity index (χ1n) is 7.42. The molecule has 0 radical (unpaired) electrons. The maximum absolute atomic E-state index is 12.2. The molecule has 0 aliphatic rings. The maximum atomic E-state index is 12.2. The molecule has 5 nitrogen and oxygen atoms in total. The molecule has 3 aromatic rings. The van der Waals surface area contributed by atoms with E-state index in [9.17, 15) is 4.79 Å². The standard InChI is InChI=1S/C17H17ClN4O/c1-11(2)13-5-3-12(4-6-13)9-19-17(23)14-10-22-16(20-14)8-7-15(18)21-22/h3-8,10-11H,9H2,1-2H3,(H,19,23). The lowest BCUT2D eigenvalue weighted by molar-refractivity contribution is 0.0946. The summed E-state index contributed by atoms with van der Waals surface area (Å²) in [4.78, 5) is 16.4. The van der Waals surface area contributed by atoms with Crippen molar-refractivity contribution in [3.8, 4) is 0 Å². The molecule has 0 unspecified atom stereocenters. The molecule has 23 heavy (non-hydrogen) atoms. The molecule has 3 rings (SSSR count). The van der Waals surface area contributed by atoms with Gasteiger partial charge in [0.15, 0.2) is 5.65 Å². The third kappa shape index (κ3) is 3.51. The fourth-order valence-electron chi connectivity index (χ4n) is 2.26. The second-order valence-electron chi connectivity index (χ2n) is 5.66. The number of rotatable bonds is 4. The summed E-state index contributed by atoms with van der Waals surface area (Å²) >= 11 is 5.82. The SMILES string of the molecule is CC(C)c1ccc(CNC(=O)c2cn3nc(Cl)ccc3n2)cc1. The molecule has 0 aliphatic heterocycles. The number of hydrogen-bond acceptors (Lipinski definition) is 3. The number of imidazole rings is 1. The molecule has 1 aromatic carbocycles. The van der Waals surface area contributed by atoms with Gasteiger partial charge in [-0.25, -0.2) is 9.50 Å². The molecule has 1 N–H and O–H groups in total. The molecule has 2 aromatic heterocycles. The van der Waals surface area contributed by atoms with E-state index in [1.807, 2.05) is 12.1 Å². The van der Waals surface area contributed by atoms with Crippen molar-refractivity contribution in [1.29, 1.82) is 0 Å². The molecule has 0 saturated carbocycles. The lowest BCUT2D eigenvalue weighted by Crippen LogP contribution is -2.23. The summed E-state index contributed by atoms with van der Waals surface area (Å²) in [5.74, 6) is 0.260. The molecular weight excluding hydrogens is 312 g/mol. The Labute approximate surface area is 139 Å². The van der Waals surface area contributed by atoms with Gasteiger partial charge in [-0.3, -0.25) is 4.79 Å². The Balaban J connectivity index is 1.68. The fourth-order valence-corrected chi connectivity index (χ4v) is 2.41. The number of amides is 1. The number of carbonyl (C=O) groups excluding carboxylic acids is 1. The molecule has 0 aliphatic carbocycles. The second kappa shape index (κ2) is 6.38. The van der Waals surface area contributed by atoms with E-state index in [2.05, 4.69) is 41.4 Å². The Morgan fingerprint density at radius 1 is 1.22 bits per heavy atom. The van der Waals surface area contributed by atoms with Crippen molar-refractivity contribution >= 4 is 23.2 Å². The zero-order valence-corrected chi connectivity index (χ0v) is 13.7. The molecule has 118 valence electrons.